The molecule has 4 N–H and O–H groups in total. The third-order valence-corrected chi connectivity index (χ3v) is 5.05. The zero-order valence-electron chi connectivity index (χ0n) is 19.1. The molecule has 0 unspecified atom stereocenters. The van der Waals surface area contributed by atoms with Crippen molar-refractivity contribution in [2.24, 2.45) is 5.73 Å². The number of carbonyl (C=O) groups is 2. The maximum atomic E-state index is 14.4. The second-order valence-corrected chi connectivity index (χ2v) is 7.68. The van der Waals surface area contributed by atoms with E-state index in [1.807, 2.05) is 0 Å². The van der Waals surface area contributed by atoms with Gasteiger partial charge in [-0.25, -0.2) is 14.2 Å². The van der Waals surface area contributed by atoms with Gasteiger partial charge < -0.3 is 20.2 Å². The van der Waals surface area contributed by atoms with Crippen molar-refractivity contribution < 1.29 is 36.6 Å². The molecule has 0 saturated heterocycles. The van der Waals surface area contributed by atoms with E-state index in [0.29, 0.717) is 45.6 Å². The van der Waals surface area contributed by atoms with E-state index >= 15 is 0 Å². The highest BCUT2D eigenvalue weighted by Gasteiger charge is 2.32. The Morgan fingerprint density at radius 1 is 1.05 bits per heavy atom. The quantitative estimate of drug-likeness (QED) is 0.287. The van der Waals surface area contributed by atoms with Crippen LogP contribution >= 0.6 is 0 Å². The average molecular weight is 517 g/mol. The van der Waals surface area contributed by atoms with E-state index in [9.17, 15) is 27.2 Å². The standard InChI is InChI=1S/C24H19F4N5O4/c1-36-12-21(34)32-23-30-18-9-7-16(11-19(18)31-23)37-15-5-3-14(4-6-15)33(22(29)35)20-10-13(24(26,27)28)2-8-17(20)25/h2-11H,12H2,1H3,(H2,29,35)(H2,30,31,32,34). The minimum absolute atomic E-state index is 0.0264. The van der Waals surface area contributed by atoms with Crippen molar-refractivity contribution in [1.29, 1.82) is 0 Å². The van der Waals surface area contributed by atoms with Gasteiger partial charge in [0.25, 0.3) is 5.91 Å². The van der Waals surface area contributed by atoms with Crippen molar-refractivity contribution in [3.63, 3.8) is 0 Å². The lowest BCUT2D eigenvalue weighted by atomic mass is 10.1. The van der Waals surface area contributed by atoms with Crippen LogP contribution in [0.25, 0.3) is 11.0 Å². The molecule has 1 heterocycles. The van der Waals surface area contributed by atoms with E-state index in [-0.39, 0.29) is 24.1 Å². The minimum atomic E-state index is -4.74. The van der Waals surface area contributed by atoms with Crippen LogP contribution in [0.5, 0.6) is 11.5 Å². The Balaban J connectivity index is 1.55. The molecule has 0 fully saturated rings. The van der Waals surface area contributed by atoms with Gasteiger partial charge in [0.15, 0.2) is 0 Å². The molecule has 13 heteroatoms. The molecule has 0 radical (unpaired) electrons. The zero-order valence-corrected chi connectivity index (χ0v) is 19.1. The number of nitrogens with zero attached hydrogens (tertiary/aromatic N) is 2. The lowest BCUT2D eigenvalue weighted by molar-refractivity contribution is -0.137. The number of benzene rings is 3. The normalized spacial score (nSPS) is 11.4. The topological polar surface area (TPSA) is 123 Å². The number of nitrogens with one attached hydrogen (secondary N) is 2. The summed E-state index contributed by atoms with van der Waals surface area (Å²) in [6, 6.07) is 11.0. The summed E-state index contributed by atoms with van der Waals surface area (Å²) in [5.41, 5.74) is 4.74. The SMILES string of the molecule is COCC(=O)Nc1nc2ccc(Oc3ccc(N(C(N)=O)c4cc(C(F)(F)F)ccc4F)cc3)cc2[nH]1. The van der Waals surface area contributed by atoms with Gasteiger partial charge in [0.05, 0.1) is 28.0 Å². The highest BCUT2D eigenvalue weighted by Crippen LogP contribution is 2.36. The Hall–Kier alpha value is -4.65. The zero-order chi connectivity index (χ0) is 26.7. The molecule has 0 atom stereocenters. The summed E-state index contributed by atoms with van der Waals surface area (Å²) in [6.07, 6.45) is -4.74. The molecule has 0 bridgehead atoms. The number of aromatic amines is 1. The van der Waals surface area contributed by atoms with Crippen molar-refractivity contribution in [2.45, 2.75) is 6.18 Å². The molecule has 4 aromatic rings. The van der Waals surface area contributed by atoms with Gasteiger partial charge in [0.2, 0.25) is 5.95 Å². The molecule has 0 spiro atoms. The Morgan fingerprint density at radius 3 is 2.41 bits per heavy atom. The number of halogens is 4. The predicted molar refractivity (Wildman–Crippen MR) is 126 cm³/mol. The lowest BCUT2D eigenvalue weighted by Crippen LogP contribution is -2.32. The van der Waals surface area contributed by atoms with Gasteiger partial charge in [-0.15, -0.1) is 0 Å². The first-order valence-electron chi connectivity index (χ1n) is 10.6. The molecule has 0 aliphatic carbocycles. The van der Waals surface area contributed by atoms with E-state index < -0.39 is 29.3 Å². The van der Waals surface area contributed by atoms with Crippen LogP contribution in [-0.4, -0.2) is 35.6 Å². The summed E-state index contributed by atoms with van der Waals surface area (Å²) in [6.45, 7) is -0.130. The van der Waals surface area contributed by atoms with E-state index in [0.717, 1.165) is 0 Å². The van der Waals surface area contributed by atoms with Crippen LogP contribution in [0.3, 0.4) is 0 Å². The smallest absolute Gasteiger partial charge is 0.416 e. The monoisotopic (exact) mass is 517 g/mol. The Labute approximate surface area is 206 Å². The second-order valence-electron chi connectivity index (χ2n) is 7.68. The molecule has 192 valence electrons. The maximum Gasteiger partial charge on any atom is 0.416 e. The predicted octanol–water partition coefficient (Wildman–Crippen LogP) is 5.31. The summed E-state index contributed by atoms with van der Waals surface area (Å²) in [5, 5.41) is 2.55. The Bertz CT molecular complexity index is 1450. The maximum absolute atomic E-state index is 14.4. The van der Waals surface area contributed by atoms with Crippen molar-refractivity contribution in [2.75, 3.05) is 23.9 Å². The third kappa shape index (κ3) is 5.78. The molecule has 37 heavy (non-hydrogen) atoms. The summed E-state index contributed by atoms with van der Waals surface area (Å²) >= 11 is 0. The lowest BCUT2D eigenvalue weighted by Gasteiger charge is -2.22. The molecular weight excluding hydrogens is 498 g/mol. The highest BCUT2D eigenvalue weighted by atomic mass is 19.4. The van der Waals surface area contributed by atoms with Gasteiger partial charge in [0, 0.05) is 13.2 Å². The number of imidazole rings is 1. The Morgan fingerprint density at radius 2 is 1.76 bits per heavy atom. The molecular formula is C24H19F4N5O4. The van der Waals surface area contributed by atoms with Gasteiger partial charge >= 0.3 is 12.2 Å². The van der Waals surface area contributed by atoms with Crippen molar-refractivity contribution in [1.82, 2.24) is 9.97 Å². The summed E-state index contributed by atoms with van der Waals surface area (Å²) in [7, 11) is 1.39. The van der Waals surface area contributed by atoms with Gasteiger partial charge in [-0.3, -0.25) is 15.0 Å². The van der Waals surface area contributed by atoms with E-state index in [1.54, 1.807) is 18.2 Å². The Kier molecular flexibility index (Phi) is 6.98. The van der Waals surface area contributed by atoms with Crippen LogP contribution in [0.4, 0.5) is 39.7 Å². The van der Waals surface area contributed by atoms with Gasteiger partial charge in [-0.2, -0.15) is 13.2 Å². The number of methoxy groups -OCH3 is 1. The molecule has 3 aromatic carbocycles. The average Bonchev–Trinajstić information content (AvgIpc) is 3.22. The van der Waals surface area contributed by atoms with Crippen LogP contribution in [0.2, 0.25) is 0 Å². The van der Waals surface area contributed by atoms with Crippen LogP contribution in [0.15, 0.2) is 60.7 Å². The van der Waals surface area contributed by atoms with Gasteiger partial charge in [0.1, 0.15) is 23.9 Å². The molecule has 9 nitrogen and oxygen atoms in total. The minimum Gasteiger partial charge on any atom is -0.457 e. The van der Waals surface area contributed by atoms with Crippen molar-refractivity contribution in [3.8, 4) is 11.5 Å². The molecule has 4 rings (SSSR count). The van der Waals surface area contributed by atoms with Crippen LogP contribution in [-0.2, 0) is 15.7 Å². The first-order chi connectivity index (χ1) is 17.5. The number of alkyl halides is 3. The summed E-state index contributed by atoms with van der Waals surface area (Å²) in [5.74, 6) is -0.502. The van der Waals surface area contributed by atoms with E-state index in [1.165, 1.54) is 31.4 Å². The number of ether oxygens (including phenoxy) is 2. The fourth-order valence-electron chi connectivity index (χ4n) is 3.46. The summed E-state index contributed by atoms with van der Waals surface area (Å²) < 4.78 is 64.3. The number of urea groups is 1. The molecule has 0 aliphatic heterocycles. The number of anilines is 3. The van der Waals surface area contributed by atoms with E-state index in [4.69, 9.17) is 15.2 Å². The molecule has 0 saturated carbocycles. The number of amides is 3. The molecule has 3 amide bonds. The number of H-pyrrole nitrogens is 1. The number of nitrogens with two attached hydrogens (primary N) is 1. The van der Waals surface area contributed by atoms with E-state index in [2.05, 4.69) is 15.3 Å². The highest BCUT2D eigenvalue weighted by molar-refractivity contribution is 5.98. The molecule has 1 aromatic heterocycles. The largest absolute Gasteiger partial charge is 0.457 e. The van der Waals surface area contributed by atoms with Crippen molar-refractivity contribution in [3.05, 3.63) is 72.0 Å². The fraction of sp³-hybridized carbons (Fsp3) is 0.125. The summed E-state index contributed by atoms with van der Waals surface area (Å²) in [4.78, 5) is 31.5. The number of hydrogen-bond donors (Lipinski definition) is 3. The van der Waals surface area contributed by atoms with Crippen molar-refractivity contribution >= 4 is 40.3 Å². The molecule has 0 aliphatic rings. The number of hydrogen-bond acceptors (Lipinski definition) is 5. The number of aromatic nitrogens is 2. The van der Waals surface area contributed by atoms with Gasteiger partial charge in [-0.1, -0.05) is 0 Å². The number of rotatable bonds is 7. The fourth-order valence-corrected chi connectivity index (χ4v) is 3.46. The number of carbonyl (C=O) groups excluding carboxylic acids is 2. The number of fused-ring (bicyclic) bond motifs is 1. The van der Waals surface area contributed by atoms with Crippen LogP contribution in [0, 0.1) is 5.82 Å². The third-order valence-electron chi connectivity index (χ3n) is 5.05. The first-order valence-corrected chi connectivity index (χ1v) is 10.6. The van der Waals surface area contributed by atoms with Crippen LogP contribution < -0.4 is 20.7 Å². The first kappa shape index (κ1) is 25.4. The van der Waals surface area contributed by atoms with Gasteiger partial charge in [-0.05, 0) is 54.6 Å². The number of primary amides is 1. The van der Waals surface area contributed by atoms with Crippen LogP contribution in [0.1, 0.15) is 5.56 Å². The second kappa shape index (κ2) is 10.1.